The minimum absolute atomic E-state index is 0.0782. The maximum Gasteiger partial charge on any atom is 0.336 e. The highest BCUT2D eigenvalue weighted by molar-refractivity contribution is 7.90. The average Bonchev–Trinajstić information content (AvgIpc) is 2.76. The number of fused-ring (bicyclic) bond motifs is 1. The number of carbonyl (C=O) groups is 1. The summed E-state index contributed by atoms with van der Waals surface area (Å²) in [5, 5.41) is 10.8. The van der Waals surface area contributed by atoms with Gasteiger partial charge in [-0.2, -0.15) is 0 Å². The molecule has 0 aliphatic heterocycles. The summed E-state index contributed by atoms with van der Waals surface area (Å²) in [4.78, 5) is 16.6. The predicted molar refractivity (Wildman–Crippen MR) is 127 cm³/mol. The summed E-state index contributed by atoms with van der Waals surface area (Å²) in [7, 11) is -3.36. The summed E-state index contributed by atoms with van der Waals surface area (Å²) in [5.41, 5.74) is 5.13. The van der Waals surface area contributed by atoms with Crippen LogP contribution in [0, 0.1) is 6.92 Å². The van der Waals surface area contributed by atoms with Gasteiger partial charge in [0.2, 0.25) is 0 Å². The fourth-order valence-electron chi connectivity index (χ4n) is 3.68. The lowest BCUT2D eigenvalue weighted by atomic mass is 9.96. The van der Waals surface area contributed by atoms with Crippen LogP contribution < -0.4 is 0 Å². The van der Waals surface area contributed by atoms with E-state index < -0.39 is 15.8 Å². The minimum Gasteiger partial charge on any atom is -0.478 e. The third-order valence-electron chi connectivity index (χ3n) is 5.18. The maximum atomic E-state index is 12.0. The minimum atomic E-state index is -3.36. The van der Waals surface area contributed by atoms with Crippen molar-refractivity contribution in [2.75, 3.05) is 6.26 Å². The van der Waals surface area contributed by atoms with Crippen LogP contribution in [0.5, 0.6) is 0 Å². The van der Waals surface area contributed by atoms with Crippen LogP contribution in [-0.2, 0) is 14.6 Å². The van der Waals surface area contributed by atoms with Gasteiger partial charge < -0.3 is 5.11 Å². The van der Waals surface area contributed by atoms with Gasteiger partial charge in [-0.05, 0) is 71.7 Å². The third kappa shape index (κ3) is 4.45. The molecule has 3 aromatic carbocycles. The molecule has 0 saturated carbocycles. The van der Waals surface area contributed by atoms with Gasteiger partial charge in [-0.25, -0.2) is 13.2 Å². The topological polar surface area (TPSA) is 84.3 Å². The largest absolute Gasteiger partial charge is 0.478 e. The first kappa shape index (κ1) is 21.5. The summed E-state index contributed by atoms with van der Waals surface area (Å²) in [5.74, 6) is -1.09. The van der Waals surface area contributed by atoms with E-state index in [1.54, 1.807) is 12.3 Å². The van der Waals surface area contributed by atoms with Crippen molar-refractivity contribution < 1.29 is 18.3 Å². The number of hydrogen-bond donors (Lipinski definition) is 1. The number of pyridine rings is 1. The van der Waals surface area contributed by atoms with Crippen LogP contribution in [0.2, 0.25) is 0 Å². The van der Waals surface area contributed by atoms with Crippen LogP contribution in [-0.4, -0.2) is 30.7 Å². The molecule has 6 heteroatoms. The molecule has 0 radical (unpaired) electrons. The fraction of sp³-hybridized carbons (Fsp3) is 0.0769. The average molecular weight is 444 g/mol. The molecule has 1 heterocycles. The maximum absolute atomic E-state index is 12.0. The SMILES string of the molecule is Cc1cc(-c2cccc(/C=C(\C(=O)O)c3ccc(S(C)(=O)=O)cc3)c2)c2ncccc2c1. The number of aryl methyl sites for hydroxylation is 1. The van der Waals surface area contributed by atoms with Crippen LogP contribution in [0.15, 0.2) is 83.9 Å². The van der Waals surface area contributed by atoms with Crippen molar-refractivity contribution in [1.82, 2.24) is 4.98 Å². The molecule has 0 amide bonds. The fourth-order valence-corrected chi connectivity index (χ4v) is 4.31. The summed E-state index contributed by atoms with van der Waals surface area (Å²) in [6.45, 7) is 2.03. The summed E-state index contributed by atoms with van der Waals surface area (Å²) in [6, 6.07) is 21.6. The molecule has 0 saturated heterocycles. The Morgan fingerprint density at radius 3 is 2.41 bits per heavy atom. The van der Waals surface area contributed by atoms with E-state index in [0.717, 1.165) is 39.4 Å². The van der Waals surface area contributed by atoms with Crippen LogP contribution >= 0.6 is 0 Å². The van der Waals surface area contributed by atoms with Gasteiger partial charge in [0.05, 0.1) is 16.0 Å². The van der Waals surface area contributed by atoms with E-state index in [1.165, 1.54) is 24.3 Å². The van der Waals surface area contributed by atoms with Crippen molar-refractivity contribution in [2.24, 2.45) is 0 Å². The molecule has 0 spiro atoms. The smallest absolute Gasteiger partial charge is 0.336 e. The normalized spacial score (nSPS) is 12.1. The van der Waals surface area contributed by atoms with Gasteiger partial charge in [0.25, 0.3) is 0 Å². The summed E-state index contributed by atoms with van der Waals surface area (Å²) >= 11 is 0. The highest BCUT2D eigenvalue weighted by atomic mass is 32.2. The highest BCUT2D eigenvalue weighted by Crippen LogP contribution is 2.30. The number of benzene rings is 3. The van der Waals surface area contributed by atoms with E-state index >= 15 is 0 Å². The number of sulfone groups is 1. The zero-order valence-electron chi connectivity index (χ0n) is 17.6. The molecule has 4 aromatic rings. The molecule has 0 atom stereocenters. The summed E-state index contributed by atoms with van der Waals surface area (Å²) < 4.78 is 23.4. The molecule has 0 unspecified atom stereocenters. The standard InChI is InChI=1S/C26H21NO4S/c1-17-13-21-7-4-12-27-25(21)23(14-17)20-6-3-5-18(15-20)16-24(26(28)29)19-8-10-22(11-9-19)32(2,30)31/h3-16H,1-2H3,(H,28,29)/b24-16-. The van der Waals surface area contributed by atoms with Crippen molar-refractivity contribution in [1.29, 1.82) is 0 Å². The van der Waals surface area contributed by atoms with Gasteiger partial charge in [-0.1, -0.05) is 36.4 Å². The number of nitrogens with zero attached hydrogens (tertiary/aromatic N) is 1. The molecular formula is C26H21NO4S. The molecule has 5 nitrogen and oxygen atoms in total. The van der Waals surface area contributed by atoms with Crippen LogP contribution in [0.25, 0.3) is 33.7 Å². The zero-order valence-corrected chi connectivity index (χ0v) is 18.4. The van der Waals surface area contributed by atoms with Crippen molar-refractivity contribution in [2.45, 2.75) is 11.8 Å². The monoisotopic (exact) mass is 443 g/mol. The second-order valence-electron chi connectivity index (χ2n) is 7.67. The van der Waals surface area contributed by atoms with E-state index in [4.69, 9.17) is 0 Å². The van der Waals surface area contributed by atoms with Crippen LogP contribution in [0.4, 0.5) is 0 Å². The van der Waals surface area contributed by atoms with Gasteiger partial charge in [-0.3, -0.25) is 4.98 Å². The van der Waals surface area contributed by atoms with E-state index in [9.17, 15) is 18.3 Å². The molecule has 0 aliphatic carbocycles. The first-order chi connectivity index (χ1) is 15.2. The molecular weight excluding hydrogens is 422 g/mol. The number of hydrogen-bond acceptors (Lipinski definition) is 4. The Kier molecular flexibility index (Phi) is 5.63. The van der Waals surface area contributed by atoms with E-state index in [-0.39, 0.29) is 10.5 Å². The lowest BCUT2D eigenvalue weighted by Crippen LogP contribution is -2.01. The molecule has 0 aliphatic rings. The van der Waals surface area contributed by atoms with Crippen molar-refractivity contribution in [3.63, 3.8) is 0 Å². The zero-order chi connectivity index (χ0) is 22.9. The van der Waals surface area contributed by atoms with Crippen LogP contribution in [0.3, 0.4) is 0 Å². The van der Waals surface area contributed by atoms with Gasteiger partial charge in [0.1, 0.15) is 0 Å². The number of aromatic nitrogens is 1. The van der Waals surface area contributed by atoms with E-state index in [0.29, 0.717) is 5.56 Å². The lowest BCUT2D eigenvalue weighted by molar-refractivity contribution is -0.130. The number of rotatable bonds is 5. The molecule has 32 heavy (non-hydrogen) atoms. The van der Waals surface area contributed by atoms with Crippen molar-refractivity contribution in [3.8, 4) is 11.1 Å². The van der Waals surface area contributed by atoms with E-state index in [2.05, 4.69) is 17.1 Å². The summed E-state index contributed by atoms with van der Waals surface area (Å²) in [6.07, 6.45) is 4.46. The van der Waals surface area contributed by atoms with Crippen LogP contribution in [0.1, 0.15) is 16.7 Å². The first-order valence-corrected chi connectivity index (χ1v) is 11.8. The van der Waals surface area contributed by atoms with Gasteiger partial charge in [0.15, 0.2) is 9.84 Å². The Morgan fingerprint density at radius 1 is 0.969 bits per heavy atom. The number of aliphatic carboxylic acids is 1. The third-order valence-corrected chi connectivity index (χ3v) is 6.31. The number of carboxylic acid groups (broad SMARTS) is 1. The van der Waals surface area contributed by atoms with E-state index in [1.807, 2.05) is 43.3 Å². The van der Waals surface area contributed by atoms with Crippen molar-refractivity contribution >= 4 is 38.4 Å². The quantitative estimate of drug-likeness (QED) is 0.337. The predicted octanol–water partition coefficient (Wildman–Crippen LogP) is 5.24. The Balaban J connectivity index is 1.80. The second-order valence-corrected chi connectivity index (χ2v) is 9.69. The molecule has 1 aromatic heterocycles. The first-order valence-electron chi connectivity index (χ1n) is 9.94. The Hall–Kier alpha value is -3.77. The van der Waals surface area contributed by atoms with Crippen molar-refractivity contribution in [3.05, 3.63) is 95.7 Å². The molecule has 4 rings (SSSR count). The molecule has 1 N–H and O–H groups in total. The Labute approximate surface area is 186 Å². The molecule has 160 valence electrons. The van der Waals surface area contributed by atoms with Gasteiger partial charge >= 0.3 is 5.97 Å². The Morgan fingerprint density at radius 2 is 1.72 bits per heavy atom. The number of carboxylic acids is 1. The van der Waals surface area contributed by atoms with Gasteiger partial charge in [-0.15, -0.1) is 0 Å². The lowest BCUT2D eigenvalue weighted by Gasteiger charge is -2.09. The highest BCUT2D eigenvalue weighted by Gasteiger charge is 2.14. The Bertz CT molecular complexity index is 1470. The second kappa shape index (κ2) is 8.40. The molecule has 0 bridgehead atoms. The molecule has 0 fully saturated rings. The van der Waals surface area contributed by atoms with Gasteiger partial charge in [0, 0.05) is 23.4 Å².